The van der Waals surface area contributed by atoms with Crippen LogP contribution in [0.2, 0.25) is 0 Å². The second-order valence-electron chi connectivity index (χ2n) is 4.71. The third kappa shape index (κ3) is 3.62. The number of halogens is 1. The predicted octanol–water partition coefficient (Wildman–Crippen LogP) is 5.27. The van der Waals surface area contributed by atoms with Crippen LogP contribution in [0.25, 0.3) is 0 Å². The fraction of sp³-hybridized carbons (Fsp3) is 0.250. The Hall–Kier alpha value is -0.770. The van der Waals surface area contributed by atoms with Gasteiger partial charge in [-0.2, -0.15) is 0 Å². The van der Waals surface area contributed by atoms with E-state index in [-0.39, 0.29) is 0 Å². The fourth-order valence-corrected chi connectivity index (χ4v) is 3.64. The zero-order valence-electron chi connectivity index (χ0n) is 11.3. The van der Waals surface area contributed by atoms with Crippen LogP contribution >= 0.6 is 27.7 Å². The van der Waals surface area contributed by atoms with Crippen LogP contribution in [0, 0.1) is 13.8 Å². The Bertz CT molecular complexity index is 593. The zero-order chi connectivity index (χ0) is 14.0. The molecule has 0 amide bonds. The van der Waals surface area contributed by atoms with Gasteiger partial charge >= 0.3 is 0 Å². The van der Waals surface area contributed by atoms with Crippen molar-refractivity contribution in [3.05, 3.63) is 57.6 Å². The van der Waals surface area contributed by atoms with Gasteiger partial charge in [0.05, 0.1) is 6.10 Å². The number of benzene rings is 2. The van der Waals surface area contributed by atoms with Gasteiger partial charge in [0.25, 0.3) is 0 Å². The highest BCUT2D eigenvalue weighted by Gasteiger charge is 2.07. The average molecular weight is 337 g/mol. The molecule has 3 heteroatoms. The minimum absolute atomic E-state index is 0.449. The number of rotatable bonds is 3. The fourth-order valence-electron chi connectivity index (χ4n) is 1.82. The van der Waals surface area contributed by atoms with Crippen LogP contribution < -0.4 is 0 Å². The molecule has 0 aliphatic carbocycles. The summed E-state index contributed by atoms with van der Waals surface area (Å²) >= 11 is 5.25. The van der Waals surface area contributed by atoms with Gasteiger partial charge in [-0.15, -0.1) is 0 Å². The largest absolute Gasteiger partial charge is 0.389 e. The van der Waals surface area contributed by atoms with E-state index < -0.39 is 6.10 Å². The zero-order valence-corrected chi connectivity index (χ0v) is 13.7. The molecule has 2 aromatic rings. The van der Waals surface area contributed by atoms with Crippen molar-refractivity contribution in [3.63, 3.8) is 0 Å². The first kappa shape index (κ1) is 14.6. The molecule has 1 N–H and O–H groups in total. The molecule has 0 aliphatic heterocycles. The lowest BCUT2D eigenvalue weighted by molar-refractivity contribution is 0.198. The van der Waals surface area contributed by atoms with E-state index in [2.05, 4.69) is 54.0 Å². The second-order valence-corrected chi connectivity index (χ2v) is 6.71. The standard InChI is InChI=1S/C16H17BrOS/c1-10-4-5-13(8-11(10)2)19-14-6-7-15(12(3)18)16(17)9-14/h4-9,12,18H,1-3H3/t12-/m1/s1. The maximum atomic E-state index is 9.62. The lowest BCUT2D eigenvalue weighted by Crippen LogP contribution is -1.92. The first-order valence-electron chi connectivity index (χ1n) is 6.20. The lowest BCUT2D eigenvalue weighted by Gasteiger charge is -2.10. The smallest absolute Gasteiger partial charge is 0.0772 e. The van der Waals surface area contributed by atoms with Crippen molar-refractivity contribution in [2.24, 2.45) is 0 Å². The van der Waals surface area contributed by atoms with Crippen molar-refractivity contribution >= 4 is 27.7 Å². The highest BCUT2D eigenvalue weighted by atomic mass is 79.9. The quantitative estimate of drug-likeness (QED) is 0.823. The summed E-state index contributed by atoms with van der Waals surface area (Å²) in [7, 11) is 0. The molecule has 1 nitrogen and oxygen atoms in total. The maximum absolute atomic E-state index is 9.62. The summed E-state index contributed by atoms with van der Waals surface area (Å²) in [4.78, 5) is 2.40. The van der Waals surface area contributed by atoms with E-state index in [9.17, 15) is 5.11 Å². The van der Waals surface area contributed by atoms with Crippen LogP contribution in [-0.4, -0.2) is 5.11 Å². The molecule has 0 radical (unpaired) electrons. The van der Waals surface area contributed by atoms with Crippen molar-refractivity contribution in [3.8, 4) is 0 Å². The summed E-state index contributed by atoms with van der Waals surface area (Å²) in [5.41, 5.74) is 3.55. The number of hydrogen-bond acceptors (Lipinski definition) is 2. The Morgan fingerprint density at radius 1 is 1.00 bits per heavy atom. The molecule has 100 valence electrons. The first-order valence-corrected chi connectivity index (χ1v) is 7.81. The van der Waals surface area contributed by atoms with E-state index >= 15 is 0 Å². The van der Waals surface area contributed by atoms with Crippen LogP contribution in [0.15, 0.2) is 50.7 Å². The molecule has 2 aromatic carbocycles. The number of hydrogen-bond donors (Lipinski definition) is 1. The summed E-state index contributed by atoms with van der Waals surface area (Å²) in [5, 5.41) is 9.62. The minimum atomic E-state index is -0.449. The average Bonchev–Trinajstić information content (AvgIpc) is 2.33. The summed E-state index contributed by atoms with van der Waals surface area (Å²) < 4.78 is 0.955. The van der Waals surface area contributed by atoms with Gasteiger partial charge in [-0.3, -0.25) is 0 Å². The summed E-state index contributed by atoms with van der Waals surface area (Å²) in [5.74, 6) is 0. The summed E-state index contributed by atoms with van der Waals surface area (Å²) in [6.07, 6.45) is -0.449. The molecule has 1 atom stereocenters. The molecule has 0 aromatic heterocycles. The molecule has 2 rings (SSSR count). The minimum Gasteiger partial charge on any atom is -0.389 e. The van der Waals surface area contributed by atoms with Gasteiger partial charge in [0.2, 0.25) is 0 Å². The van der Waals surface area contributed by atoms with Crippen LogP contribution in [-0.2, 0) is 0 Å². The molecule has 0 spiro atoms. The van der Waals surface area contributed by atoms with Crippen LogP contribution in [0.3, 0.4) is 0 Å². The molecular weight excluding hydrogens is 320 g/mol. The molecule has 0 fully saturated rings. The number of aliphatic hydroxyl groups is 1. The van der Waals surface area contributed by atoms with Crippen LogP contribution in [0.1, 0.15) is 29.7 Å². The van der Waals surface area contributed by atoms with E-state index in [0.717, 1.165) is 10.0 Å². The van der Waals surface area contributed by atoms with E-state index in [1.165, 1.54) is 20.9 Å². The van der Waals surface area contributed by atoms with Crippen LogP contribution in [0.5, 0.6) is 0 Å². The Morgan fingerprint density at radius 3 is 2.21 bits per heavy atom. The third-order valence-corrected chi connectivity index (χ3v) is 4.80. The monoisotopic (exact) mass is 336 g/mol. The number of aliphatic hydroxyl groups excluding tert-OH is 1. The molecule has 0 heterocycles. The van der Waals surface area contributed by atoms with Gasteiger partial charge in [0.1, 0.15) is 0 Å². The van der Waals surface area contributed by atoms with Crippen molar-refractivity contribution in [2.75, 3.05) is 0 Å². The Kier molecular flexibility index (Phi) is 4.71. The highest BCUT2D eigenvalue weighted by Crippen LogP contribution is 2.33. The number of aryl methyl sites for hydroxylation is 2. The molecule has 0 saturated heterocycles. The summed E-state index contributed by atoms with van der Waals surface area (Å²) in [6, 6.07) is 12.6. The van der Waals surface area contributed by atoms with Gasteiger partial charge in [0.15, 0.2) is 0 Å². The van der Waals surface area contributed by atoms with Gasteiger partial charge < -0.3 is 5.11 Å². The van der Waals surface area contributed by atoms with Gasteiger partial charge in [-0.05, 0) is 61.7 Å². The topological polar surface area (TPSA) is 20.2 Å². The lowest BCUT2D eigenvalue weighted by atomic mass is 10.1. The SMILES string of the molecule is Cc1ccc(Sc2ccc([C@@H](C)O)c(Br)c2)cc1C. The van der Waals surface area contributed by atoms with Crippen molar-refractivity contribution in [2.45, 2.75) is 36.7 Å². The molecule has 0 aliphatic rings. The van der Waals surface area contributed by atoms with E-state index in [0.29, 0.717) is 0 Å². The predicted molar refractivity (Wildman–Crippen MR) is 84.8 cm³/mol. The van der Waals surface area contributed by atoms with E-state index in [4.69, 9.17) is 0 Å². The van der Waals surface area contributed by atoms with Crippen molar-refractivity contribution < 1.29 is 5.11 Å². The summed E-state index contributed by atoms with van der Waals surface area (Å²) in [6.45, 7) is 6.03. The van der Waals surface area contributed by atoms with Crippen LogP contribution in [0.4, 0.5) is 0 Å². The maximum Gasteiger partial charge on any atom is 0.0772 e. The third-order valence-electron chi connectivity index (χ3n) is 3.14. The first-order chi connectivity index (χ1) is 8.97. The molecular formula is C16H17BrOS. The van der Waals surface area contributed by atoms with E-state index in [1.54, 1.807) is 18.7 Å². The second kappa shape index (κ2) is 6.12. The molecule has 0 bridgehead atoms. The van der Waals surface area contributed by atoms with Gasteiger partial charge in [0, 0.05) is 14.3 Å². The molecule has 19 heavy (non-hydrogen) atoms. The highest BCUT2D eigenvalue weighted by molar-refractivity contribution is 9.10. The Labute approximate surface area is 127 Å². The molecule has 0 saturated carbocycles. The van der Waals surface area contributed by atoms with Crippen molar-refractivity contribution in [1.82, 2.24) is 0 Å². The van der Waals surface area contributed by atoms with Crippen molar-refractivity contribution in [1.29, 1.82) is 0 Å². The van der Waals surface area contributed by atoms with E-state index in [1.807, 2.05) is 12.1 Å². The normalized spacial score (nSPS) is 12.5. The molecule has 0 unspecified atom stereocenters. The Balaban J connectivity index is 2.24. The Morgan fingerprint density at radius 2 is 1.63 bits per heavy atom. The van der Waals surface area contributed by atoms with Gasteiger partial charge in [-0.25, -0.2) is 0 Å². The van der Waals surface area contributed by atoms with Gasteiger partial charge in [-0.1, -0.05) is 39.8 Å².